The molecule has 0 aromatic rings. The topological polar surface area (TPSA) is 0 Å². The van der Waals surface area contributed by atoms with Gasteiger partial charge in [-0.3, -0.25) is 0 Å². The Morgan fingerprint density at radius 1 is 1.00 bits per heavy atom. The van der Waals surface area contributed by atoms with E-state index >= 15 is 0 Å². The van der Waals surface area contributed by atoms with Crippen LogP contribution in [0.15, 0.2) is 0 Å². The van der Waals surface area contributed by atoms with E-state index in [0.717, 1.165) is 5.92 Å². The van der Waals surface area contributed by atoms with E-state index in [1.165, 1.54) is 38.5 Å². The lowest BCUT2D eigenvalue weighted by Crippen LogP contribution is -1.97. The minimum absolute atomic E-state index is 0.433. The molecule has 0 bridgehead atoms. The van der Waals surface area contributed by atoms with E-state index in [1.54, 1.807) is 0 Å². The van der Waals surface area contributed by atoms with Gasteiger partial charge < -0.3 is 0 Å². The van der Waals surface area contributed by atoms with Crippen molar-refractivity contribution < 1.29 is 0 Å². The van der Waals surface area contributed by atoms with Gasteiger partial charge in [0.2, 0.25) is 0 Å². The minimum Gasteiger partial charge on any atom is -0.123 e. The summed E-state index contributed by atoms with van der Waals surface area (Å²) in [6, 6.07) is 0. The van der Waals surface area contributed by atoms with Crippen LogP contribution in [0.1, 0.15) is 59.3 Å². The summed E-state index contributed by atoms with van der Waals surface area (Å²) in [5.74, 6) is 0.852. The summed E-state index contributed by atoms with van der Waals surface area (Å²) in [6.45, 7) is 6.76. The molecule has 0 saturated heterocycles. The molecule has 1 heteroatoms. The SMILES string of the molecule is CCCC(Cl)CCCCC(C)C. The maximum atomic E-state index is 6.10. The van der Waals surface area contributed by atoms with E-state index in [9.17, 15) is 0 Å². The predicted octanol–water partition coefficient (Wildman–Crippen LogP) is 4.61. The van der Waals surface area contributed by atoms with Crippen LogP contribution in [0.2, 0.25) is 0 Å². The van der Waals surface area contributed by atoms with Crippen LogP contribution in [0, 0.1) is 5.92 Å². The average Bonchev–Trinajstić information content (AvgIpc) is 1.98. The fourth-order valence-corrected chi connectivity index (χ4v) is 1.75. The minimum atomic E-state index is 0.433. The van der Waals surface area contributed by atoms with Gasteiger partial charge in [-0.15, -0.1) is 11.6 Å². The van der Waals surface area contributed by atoms with Crippen molar-refractivity contribution in [1.82, 2.24) is 0 Å². The number of rotatable bonds is 7. The zero-order chi connectivity index (χ0) is 9.40. The summed E-state index contributed by atoms with van der Waals surface area (Å²) in [4.78, 5) is 0. The Balaban J connectivity index is 3.08. The molecule has 0 aromatic carbocycles. The van der Waals surface area contributed by atoms with Crippen LogP contribution < -0.4 is 0 Å². The Bertz CT molecular complexity index is 89.0. The van der Waals surface area contributed by atoms with Crippen molar-refractivity contribution in [2.45, 2.75) is 64.7 Å². The zero-order valence-corrected chi connectivity index (χ0v) is 9.53. The second-order valence-electron chi connectivity index (χ2n) is 4.06. The molecular weight excluding hydrogens is 168 g/mol. The highest BCUT2D eigenvalue weighted by Gasteiger charge is 2.02. The molecule has 0 N–H and O–H groups in total. The lowest BCUT2D eigenvalue weighted by molar-refractivity contribution is 0.516. The standard InChI is InChI=1S/C11H23Cl/c1-4-7-11(12)9-6-5-8-10(2)3/h10-11H,4-9H2,1-3H3. The first kappa shape index (κ1) is 12.3. The third-order valence-corrected chi connectivity index (χ3v) is 2.59. The Labute approximate surface area is 82.7 Å². The quantitative estimate of drug-likeness (QED) is 0.406. The highest BCUT2D eigenvalue weighted by atomic mass is 35.5. The normalized spacial score (nSPS) is 13.8. The van der Waals surface area contributed by atoms with E-state index in [4.69, 9.17) is 11.6 Å². The second-order valence-corrected chi connectivity index (χ2v) is 4.68. The lowest BCUT2D eigenvalue weighted by Gasteiger charge is -2.08. The third kappa shape index (κ3) is 8.39. The molecule has 12 heavy (non-hydrogen) atoms. The Kier molecular flexibility index (Phi) is 8.11. The van der Waals surface area contributed by atoms with Crippen LogP contribution >= 0.6 is 11.6 Å². The van der Waals surface area contributed by atoms with Crippen molar-refractivity contribution in [2.24, 2.45) is 5.92 Å². The van der Waals surface area contributed by atoms with Gasteiger partial charge in [0.1, 0.15) is 0 Å². The largest absolute Gasteiger partial charge is 0.123 e. The lowest BCUT2D eigenvalue weighted by atomic mass is 10.0. The van der Waals surface area contributed by atoms with Crippen LogP contribution in [0.25, 0.3) is 0 Å². The molecule has 0 amide bonds. The predicted molar refractivity (Wildman–Crippen MR) is 57.9 cm³/mol. The van der Waals surface area contributed by atoms with Crippen LogP contribution in [0.3, 0.4) is 0 Å². The van der Waals surface area contributed by atoms with Crippen LogP contribution in [0.4, 0.5) is 0 Å². The van der Waals surface area contributed by atoms with Crippen LogP contribution in [-0.2, 0) is 0 Å². The average molecular weight is 191 g/mol. The van der Waals surface area contributed by atoms with E-state index in [1.807, 2.05) is 0 Å². The number of hydrogen-bond donors (Lipinski definition) is 0. The van der Waals surface area contributed by atoms with Crippen LogP contribution in [0.5, 0.6) is 0 Å². The van der Waals surface area contributed by atoms with Crippen molar-refractivity contribution in [3.05, 3.63) is 0 Å². The molecule has 1 unspecified atom stereocenters. The van der Waals surface area contributed by atoms with Crippen LogP contribution in [-0.4, -0.2) is 5.38 Å². The molecule has 74 valence electrons. The molecule has 0 fully saturated rings. The Morgan fingerprint density at radius 2 is 1.58 bits per heavy atom. The summed E-state index contributed by atoms with van der Waals surface area (Å²) < 4.78 is 0. The Hall–Kier alpha value is 0.290. The zero-order valence-electron chi connectivity index (χ0n) is 8.78. The van der Waals surface area contributed by atoms with Crippen molar-refractivity contribution >= 4 is 11.6 Å². The van der Waals surface area contributed by atoms with Gasteiger partial charge in [-0.1, -0.05) is 46.5 Å². The van der Waals surface area contributed by atoms with E-state index in [0.29, 0.717) is 5.38 Å². The molecule has 0 spiro atoms. The van der Waals surface area contributed by atoms with E-state index in [2.05, 4.69) is 20.8 Å². The van der Waals surface area contributed by atoms with Gasteiger partial charge in [0.15, 0.2) is 0 Å². The summed E-state index contributed by atoms with van der Waals surface area (Å²) in [5.41, 5.74) is 0. The number of halogens is 1. The van der Waals surface area contributed by atoms with Crippen molar-refractivity contribution in [3.63, 3.8) is 0 Å². The van der Waals surface area contributed by atoms with Crippen molar-refractivity contribution in [1.29, 1.82) is 0 Å². The fraction of sp³-hybridized carbons (Fsp3) is 1.00. The van der Waals surface area contributed by atoms with Gasteiger partial charge in [0.05, 0.1) is 0 Å². The van der Waals surface area contributed by atoms with Gasteiger partial charge in [0.25, 0.3) is 0 Å². The molecule has 1 atom stereocenters. The molecule has 0 aliphatic rings. The first-order valence-electron chi connectivity index (χ1n) is 5.30. The van der Waals surface area contributed by atoms with E-state index < -0.39 is 0 Å². The molecule has 0 heterocycles. The van der Waals surface area contributed by atoms with Crippen molar-refractivity contribution in [2.75, 3.05) is 0 Å². The maximum Gasteiger partial charge on any atom is 0.0336 e. The van der Waals surface area contributed by atoms with Gasteiger partial charge >= 0.3 is 0 Å². The Morgan fingerprint density at radius 3 is 2.08 bits per heavy atom. The van der Waals surface area contributed by atoms with Gasteiger partial charge in [-0.2, -0.15) is 0 Å². The summed E-state index contributed by atoms with van der Waals surface area (Å²) >= 11 is 6.10. The highest BCUT2D eigenvalue weighted by Crippen LogP contribution is 2.15. The molecule has 0 nitrogen and oxygen atoms in total. The molecule has 0 radical (unpaired) electrons. The summed E-state index contributed by atoms with van der Waals surface area (Å²) in [7, 11) is 0. The van der Waals surface area contributed by atoms with Crippen molar-refractivity contribution in [3.8, 4) is 0 Å². The highest BCUT2D eigenvalue weighted by molar-refractivity contribution is 6.20. The van der Waals surface area contributed by atoms with Gasteiger partial charge in [0, 0.05) is 5.38 Å². The summed E-state index contributed by atoms with van der Waals surface area (Å²) in [6.07, 6.45) is 7.64. The number of unbranched alkanes of at least 4 members (excludes halogenated alkanes) is 1. The second kappa shape index (κ2) is 7.91. The number of hydrogen-bond acceptors (Lipinski definition) is 0. The maximum absolute atomic E-state index is 6.10. The smallest absolute Gasteiger partial charge is 0.0336 e. The third-order valence-electron chi connectivity index (χ3n) is 2.15. The van der Waals surface area contributed by atoms with E-state index in [-0.39, 0.29) is 0 Å². The molecule has 0 aliphatic carbocycles. The molecular formula is C11H23Cl. The molecule has 0 aliphatic heterocycles. The first-order valence-corrected chi connectivity index (χ1v) is 5.74. The van der Waals surface area contributed by atoms with Gasteiger partial charge in [-0.05, 0) is 18.8 Å². The van der Waals surface area contributed by atoms with Gasteiger partial charge in [-0.25, -0.2) is 0 Å². The molecule has 0 rings (SSSR count). The molecule has 0 saturated carbocycles. The monoisotopic (exact) mass is 190 g/mol. The number of alkyl halides is 1. The molecule has 0 aromatic heterocycles. The fourth-order valence-electron chi connectivity index (χ4n) is 1.38. The first-order chi connectivity index (χ1) is 5.66. The summed E-state index contributed by atoms with van der Waals surface area (Å²) in [5, 5.41) is 0.433.